The van der Waals surface area contributed by atoms with Crippen LogP contribution in [0.1, 0.15) is 34.4 Å². The van der Waals surface area contributed by atoms with Crippen LogP contribution < -0.4 is 10.9 Å². The molecule has 0 radical (unpaired) electrons. The van der Waals surface area contributed by atoms with E-state index in [9.17, 15) is 4.79 Å². The summed E-state index contributed by atoms with van der Waals surface area (Å²) in [4.78, 5) is 24.2. The lowest BCUT2D eigenvalue weighted by Crippen LogP contribution is -2.33. The van der Waals surface area contributed by atoms with Crippen molar-refractivity contribution in [2.75, 3.05) is 0 Å². The number of aryl methyl sites for hydroxylation is 3. The number of benzene rings is 1. The van der Waals surface area contributed by atoms with Gasteiger partial charge < -0.3 is 5.32 Å². The van der Waals surface area contributed by atoms with Gasteiger partial charge in [-0.25, -0.2) is 4.98 Å². The molecule has 0 saturated carbocycles. The van der Waals surface area contributed by atoms with Crippen LogP contribution in [-0.4, -0.2) is 20.6 Å². The van der Waals surface area contributed by atoms with Gasteiger partial charge in [0.2, 0.25) is 0 Å². The Kier molecular flexibility index (Phi) is 5.91. The third kappa shape index (κ3) is 4.45. The van der Waals surface area contributed by atoms with Crippen LogP contribution in [0.3, 0.4) is 0 Å². The molecule has 5 rings (SSSR count). The summed E-state index contributed by atoms with van der Waals surface area (Å²) in [6.07, 6.45) is 10.3. The number of aromatic nitrogens is 3. The van der Waals surface area contributed by atoms with Crippen LogP contribution in [0.25, 0.3) is 10.2 Å². The Morgan fingerprint density at radius 1 is 1.13 bits per heavy atom. The maximum absolute atomic E-state index is 13.2. The number of fused-ring (bicyclic) bond motifs is 3. The van der Waals surface area contributed by atoms with Crippen LogP contribution in [0.2, 0.25) is 0 Å². The zero-order chi connectivity index (χ0) is 21.0. The van der Waals surface area contributed by atoms with E-state index in [4.69, 9.17) is 0 Å². The minimum Gasteiger partial charge on any atom is -0.309 e. The van der Waals surface area contributed by atoms with Gasteiger partial charge in [-0.2, -0.15) is 0 Å². The predicted octanol–water partition coefficient (Wildman–Crippen LogP) is 4.13. The summed E-state index contributed by atoms with van der Waals surface area (Å²) in [5.41, 5.74) is 3.86. The molecule has 31 heavy (non-hydrogen) atoms. The van der Waals surface area contributed by atoms with E-state index in [1.54, 1.807) is 28.4 Å². The third-order valence-corrected chi connectivity index (χ3v) is 7.22. The molecule has 0 spiro atoms. The van der Waals surface area contributed by atoms with Crippen LogP contribution >= 0.6 is 11.3 Å². The molecule has 1 aromatic carbocycles. The highest BCUT2D eigenvalue weighted by Crippen LogP contribution is 2.33. The highest BCUT2D eigenvalue weighted by molar-refractivity contribution is 7.18. The fourth-order valence-corrected chi connectivity index (χ4v) is 5.66. The van der Waals surface area contributed by atoms with E-state index >= 15 is 0 Å². The quantitative estimate of drug-likeness (QED) is 0.479. The van der Waals surface area contributed by atoms with Gasteiger partial charge in [-0.15, -0.1) is 11.3 Å². The van der Waals surface area contributed by atoms with Crippen molar-refractivity contribution in [1.82, 2.24) is 19.9 Å². The summed E-state index contributed by atoms with van der Waals surface area (Å²) in [5.74, 6) is 0. The smallest absolute Gasteiger partial charge is 0.262 e. The van der Waals surface area contributed by atoms with Crippen LogP contribution in [0, 0.1) is 0 Å². The van der Waals surface area contributed by atoms with Crippen molar-refractivity contribution < 1.29 is 0 Å². The molecular weight excluding hydrogens is 404 g/mol. The van der Waals surface area contributed by atoms with Gasteiger partial charge in [0.15, 0.2) is 0 Å². The average Bonchev–Trinajstić information content (AvgIpc) is 3.19. The molecule has 4 aromatic rings. The molecule has 0 aliphatic heterocycles. The highest BCUT2D eigenvalue weighted by Gasteiger charge is 2.25. The summed E-state index contributed by atoms with van der Waals surface area (Å²) in [6, 6.07) is 14.9. The number of pyridine rings is 1. The SMILES string of the molecule is O=c1c2c3c(sc2ncn1CCCc1ccccc1)CC(NCc1cccnc1)CC3. The fraction of sp³-hybridized carbons (Fsp3) is 0.320. The highest BCUT2D eigenvalue weighted by atomic mass is 32.1. The zero-order valence-corrected chi connectivity index (χ0v) is 18.3. The Bertz CT molecular complexity index is 1220. The molecule has 3 heterocycles. The van der Waals surface area contributed by atoms with Gasteiger partial charge >= 0.3 is 0 Å². The standard InChI is InChI=1S/C25H26N4OS/c30-25-23-21-11-10-20(27-16-19-8-4-12-26-15-19)14-22(21)31-24(23)28-17-29(25)13-5-9-18-6-2-1-3-7-18/h1-4,6-8,12,15,17,20,27H,5,9-11,13-14,16H2. The number of hydrogen-bond donors (Lipinski definition) is 1. The Labute approximate surface area is 185 Å². The normalized spacial score (nSPS) is 15.8. The molecule has 1 atom stereocenters. The molecule has 1 aliphatic rings. The summed E-state index contributed by atoms with van der Waals surface area (Å²) < 4.78 is 1.80. The topological polar surface area (TPSA) is 59.8 Å². The van der Waals surface area contributed by atoms with E-state index < -0.39 is 0 Å². The van der Waals surface area contributed by atoms with E-state index in [1.165, 1.54) is 21.6 Å². The number of hydrogen-bond acceptors (Lipinski definition) is 5. The van der Waals surface area contributed by atoms with Gasteiger partial charge in [0, 0.05) is 36.4 Å². The van der Waals surface area contributed by atoms with E-state index in [1.807, 2.05) is 18.3 Å². The van der Waals surface area contributed by atoms with Crippen molar-refractivity contribution in [2.45, 2.75) is 51.2 Å². The molecule has 1 aliphatic carbocycles. The van der Waals surface area contributed by atoms with Gasteiger partial charge in [-0.1, -0.05) is 36.4 Å². The second-order valence-corrected chi connectivity index (χ2v) is 9.28. The van der Waals surface area contributed by atoms with E-state index in [0.29, 0.717) is 12.6 Å². The molecule has 1 unspecified atom stereocenters. The molecule has 0 saturated heterocycles. The maximum Gasteiger partial charge on any atom is 0.262 e. The zero-order valence-electron chi connectivity index (χ0n) is 17.5. The Hall–Kier alpha value is -2.83. The minimum atomic E-state index is 0.123. The lowest BCUT2D eigenvalue weighted by Gasteiger charge is -2.23. The van der Waals surface area contributed by atoms with Gasteiger partial charge in [0.1, 0.15) is 4.83 Å². The van der Waals surface area contributed by atoms with Crippen molar-refractivity contribution >= 4 is 21.6 Å². The van der Waals surface area contributed by atoms with Crippen LogP contribution in [0.15, 0.2) is 66.0 Å². The lowest BCUT2D eigenvalue weighted by atomic mass is 9.93. The van der Waals surface area contributed by atoms with Crippen molar-refractivity contribution in [3.8, 4) is 0 Å². The largest absolute Gasteiger partial charge is 0.309 e. The molecule has 158 valence electrons. The number of nitrogens with zero attached hydrogens (tertiary/aromatic N) is 3. The van der Waals surface area contributed by atoms with Crippen molar-refractivity contribution in [1.29, 1.82) is 0 Å². The molecule has 1 N–H and O–H groups in total. The van der Waals surface area contributed by atoms with Gasteiger partial charge in [0.25, 0.3) is 5.56 Å². The van der Waals surface area contributed by atoms with E-state index in [0.717, 1.165) is 48.9 Å². The second-order valence-electron chi connectivity index (χ2n) is 8.20. The lowest BCUT2D eigenvalue weighted by molar-refractivity contribution is 0.462. The van der Waals surface area contributed by atoms with Crippen LogP contribution in [0.5, 0.6) is 0 Å². The summed E-state index contributed by atoms with van der Waals surface area (Å²) in [6.45, 7) is 1.53. The van der Waals surface area contributed by atoms with Gasteiger partial charge in [0.05, 0.1) is 11.7 Å². The second kappa shape index (κ2) is 9.12. The predicted molar refractivity (Wildman–Crippen MR) is 126 cm³/mol. The molecule has 3 aromatic heterocycles. The van der Waals surface area contributed by atoms with Gasteiger partial charge in [-0.3, -0.25) is 14.3 Å². The third-order valence-electron chi connectivity index (χ3n) is 6.06. The molecule has 6 heteroatoms. The first-order chi connectivity index (χ1) is 15.3. The van der Waals surface area contributed by atoms with Crippen molar-refractivity contribution in [3.63, 3.8) is 0 Å². The molecule has 0 bridgehead atoms. The van der Waals surface area contributed by atoms with Crippen molar-refractivity contribution in [3.05, 3.63) is 93.1 Å². The Morgan fingerprint density at radius 2 is 2.00 bits per heavy atom. The molecule has 5 nitrogen and oxygen atoms in total. The Morgan fingerprint density at radius 3 is 2.84 bits per heavy atom. The van der Waals surface area contributed by atoms with E-state index in [-0.39, 0.29) is 5.56 Å². The summed E-state index contributed by atoms with van der Waals surface area (Å²) in [5, 5.41) is 4.51. The summed E-state index contributed by atoms with van der Waals surface area (Å²) in [7, 11) is 0. The van der Waals surface area contributed by atoms with Crippen LogP contribution in [0.4, 0.5) is 0 Å². The van der Waals surface area contributed by atoms with Crippen molar-refractivity contribution in [2.24, 2.45) is 0 Å². The minimum absolute atomic E-state index is 0.123. The first-order valence-electron chi connectivity index (χ1n) is 10.9. The van der Waals surface area contributed by atoms with Crippen LogP contribution in [-0.2, 0) is 32.4 Å². The first-order valence-corrected chi connectivity index (χ1v) is 11.8. The average molecular weight is 431 g/mol. The number of thiophene rings is 1. The fourth-order valence-electron chi connectivity index (χ4n) is 4.40. The first kappa shape index (κ1) is 20.1. The maximum atomic E-state index is 13.2. The molecule has 0 amide bonds. The summed E-state index contributed by atoms with van der Waals surface area (Å²) >= 11 is 1.69. The monoisotopic (exact) mass is 430 g/mol. The molecule has 0 fully saturated rings. The Balaban J connectivity index is 1.28. The number of nitrogens with one attached hydrogen (secondary N) is 1. The molecular formula is C25H26N4OS. The van der Waals surface area contributed by atoms with E-state index in [2.05, 4.69) is 45.6 Å². The number of rotatable bonds is 7. The van der Waals surface area contributed by atoms with Gasteiger partial charge in [-0.05, 0) is 54.9 Å².